The average Bonchev–Trinajstić information content (AvgIpc) is 3.64. The topological polar surface area (TPSA) is 88.6 Å². The molecule has 0 radical (unpaired) electrons. The quantitative estimate of drug-likeness (QED) is 0.559. The number of anilines is 1. The van der Waals surface area contributed by atoms with Gasteiger partial charge in [0, 0.05) is 36.2 Å². The van der Waals surface area contributed by atoms with Crippen molar-refractivity contribution in [3.63, 3.8) is 0 Å². The normalized spacial score (nSPS) is 13.4. The lowest BCUT2D eigenvalue weighted by Gasteiger charge is -2.23. The molecule has 166 valence electrons. The van der Waals surface area contributed by atoms with Crippen LogP contribution in [-0.2, 0) is 16.6 Å². The lowest BCUT2D eigenvalue weighted by atomic mass is 10.1. The zero-order chi connectivity index (χ0) is 22.7. The Kier molecular flexibility index (Phi) is 6.14. The van der Waals surface area contributed by atoms with Crippen molar-refractivity contribution >= 4 is 21.6 Å². The fourth-order valence-electron chi connectivity index (χ4n) is 3.46. The Morgan fingerprint density at radius 3 is 2.41 bits per heavy atom. The summed E-state index contributed by atoms with van der Waals surface area (Å²) in [7, 11) is -2.56. The van der Waals surface area contributed by atoms with Gasteiger partial charge in [0.25, 0.3) is 15.9 Å². The number of benzene rings is 2. The molecule has 2 aromatic carbocycles. The van der Waals surface area contributed by atoms with Crippen LogP contribution in [0.3, 0.4) is 0 Å². The molecule has 4 rings (SSSR count). The van der Waals surface area contributed by atoms with Crippen molar-refractivity contribution in [2.75, 3.05) is 11.8 Å². The highest BCUT2D eigenvalue weighted by molar-refractivity contribution is 7.92. The van der Waals surface area contributed by atoms with Gasteiger partial charge in [-0.1, -0.05) is 17.7 Å². The molecule has 1 fully saturated rings. The Morgan fingerprint density at radius 1 is 1.09 bits per heavy atom. The lowest BCUT2D eigenvalue weighted by Crippen LogP contribution is -2.32. The number of carbonyl (C=O) groups is 1. The van der Waals surface area contributed by atoms with Gasteiger partial charge in [-0.25, -0.2) is 8.42 Å². The first-order chi connectivity index (χ1) is 15.4. The number of aromatic nitrogens is 1. The van der Waals surface area contributed by atoms with E-state index in [1.165, 1.54) is 19.2 Å². The van der Waals surface area contributed by atoms with Crippen LogP contribution in [0, 0.1) is 6.92 Å². The van der Waals surface area contributed by atoms with Crippen LogP contribution in [0.2, 0.25) is 0 Å². The van der Waals surface area contributed by atoms with Crippen LogP contribution in [0.4, 0.5) is 5.69 Å². The molecular weight excluding hydrogens is 426 g/mol. The molecule has 1 aliphatic rings. The van der Waals surface area contributed by atoms with Crippen molar-refractivity contribution in [2.24, 2.45) is 0 Å². The molecule has 0 unspecified atom stereocenters. The summed E-state index contributed by atoms with van der Waals surface area (Å²) < 4.78 is 34.1. The Morgan fingerprint density at radius 2 is 1.78 bits per heavy atom. The van der Waals surface area contributed by atoms with Gasteiger partial charge in [-0.15, -0.1) is 0 Å². The summed E-state index contributed by atoms with van der Waals surface area (Å²) in [5.74, 6) is -0.0352. The van der Waals surface area contributed by atoms with Gasteiger partial charge in [0.15, 0.2) is 0 Å². The molecular formula is C24H25N3O4S. The molecule has 0 saturated heterocycles. The Bertz CT molecular complexity index is 1210. The molecule has 3 aromatic rings. The first-order valence-electron chi connectivity index (χ1n) is 10.3. The summed E-state index contributed by atoms with van der Waals surface area (Å²) in [5.41, 5.74) is 2.73. The highest BCUT2D eigenvalue weighted by atomic mass is 32.2. The summed E-state index contributed by atoms with van der Waals surface area (Å²) >= 11 is 0. The maximum absolute atomic E-state index is 13.4. The SMILES string of the molecule is COc1ccc(C(=O)N(Cc2ccncc2)C2CC2)cc1S(=O)(=O)Nc1ccc(C)cc1. The first-order valence-corrected chi connectivity index (χ1v) is 11.8. The van der Waals surface area contributed by atoms with Gasteiger partial charge < -0.3 is 9.64 Å². The second-order valence-corrected chi connectivity index (χ2v) is 9.51. The molecule has 0 aliphatic heterocycles. The number of carbonyl (C=O) groups excluding carboxylic acids is 1. The number of aryl methyl sites for hydroxylation is 1. The van der Waals surface area contributed by atoms with E-state index in [0.29, 0.717) is 17.8 Å². The Balaban J connectivity index is 1.64. The van der Waals surface area contributed by atoms with Crippen LogP contribution >= 0.6 is 0 Å². The van der Waals surface area contributed by atoms with E-state index in [1.807, 2.05) is 31.2 Å². The van der Waals surface area contributed by atoms with Gasteiger partial charge in [0.2, 0.25) is 0 Å². The van der Waals surface area contributed by atoms with Crippen LogP contribution in [0.25, 0.3) is 0 Å². The minimum atomic E-state index is -3.97. The number of nitrogens with zero attached hydrogens (tertiary/aromatic N) is 2. The summed E-state index contributed by atoms with van der Waals surface area (Å²) in [6.07, 6.45) is 5.26. The van der Waals surface area contributed by atoms with Crippen molar-refractivity contribution in [2.45, 2.75) is 37.2 Å². The largest absolute Gasteiger partial charge is 0.495 e. The average molecular weight is 452 g/mol. The van der Waals surface area contributed by atoms with Crippen LogP contribution < -0.4 is 9.46 Å². The van der Waals surface area contributed by atoms with Crippen LogP contribution in [0.15, 0.2) is 71.9 Å². The van der Waals surface area contributed by atoms with E-state index in [4.69, 9.17) is 4.74 Å². The molecule has 0 atom stereocenters. The highest BCUT2D eigenvalue weighted by Gasteiger charge is 2.34. The summed E-state index contributed by atoms with van der Waals surface area (Å²) in [6.45, 7) is 2.37. The molecule has 32 heavy (non-hydrogen) atoms. The van der Waals surface area contributed by atoms with Crippen LogP contribution in [0.1, 0.15) is 34.3 Å². The van der Waals surface area contributed by atoms with Crippen molar-refractivity contribution in [3.8, 4) is 5.75 Å². The van der Waals surface area contributed by atoms with Gasteiger partial charge in [-0.3, -0.25) is 14.5 Å². The molecule has 1 aliphatic carbocycles. The summed E-state index contributed by atoms with van der Waals surface area (Å²) in [4.78, 5) is 19.1. The number of methoxy groups -OCH3 is 1. The van der Waals surface area contributed by atoms with Gasteiger partial charge in [0.1, 0.15) is 10.6 Å². The van der Waals surface area contributed by atoms with Gasteiger partial charge in [-0.05, 0) is 67.8 Å². The standard InChI is InChI=1S/C24H25N3O4S/c1-17-3-6-20(7-4-17)26-32(29,30)23-15-19(5-10-22(23)31-2)24(28)27(21-8-9-21)16-18-11-13-25-14-12-18/h3-7,10-15,21,26H,8-9,16H2,1-2H3. The monoisotopic (exact) mass is 451 g/mol. The summed E-state index contributed by atoms with van der Waals surface area (Å²) in [5, 5.41) is 0. The number of ether oxygens (including phenoxy) is 1. The van der Waals surface area contributed by atoms with E-state index in [2.05, 4.69) is 9.71 Å². The number of hydrogen-bond acceptors (Lipinski definition) is 5. The number of nitrogens with one attached hydrogen (secondary N) is 1. The fourth-order valence-corrected chi connectivity index (χ4v) is 4.71. The number of pyridine rings is 1. The fraction of sp³-hybridized carbons (Fsp3) is 0.250. The molecule has 7 nitrogen and oxygen atoms in total. The molecule has 1 heterocycles. The van der Waals surface area contributed by atoms with E-state index in [0.717, 1.165) is 24.0 Å². The van der Waals surface area contributed by atoms with Gasteiger partial charge >= 0.3 is 0 Å². The van der Waals surface area contributed by atoms with Crippen LogP contribution in [0.5, 0.6) is 5.75 Å². The molecule has 0 spiro atoms. The van der Waals surface area contributed by atoms with Gasteiger partial charge in [-0.2, -0.15) is 0 Å². The first kappa shape index (κ1) is 21.8. The third-order valence-corrected chi connectivity index (χ3v) is 6.76. The summed E-state index contributed by atoms with van der Waals surface area (Å²) in [6, 6.07) is 15.4. The van der Waals surface area contributed by atoms with Crippen LogP contribution in [-0.4, -0.2) is 37.4 Å². The predicted molar refractivity (Wildman–Crippen MR) is 122 cm³/mol. The molecule has 8 heteroatoms. The molecule has 1 saturated carbocycles. The van der Waals surface area contributed by atoms with E-state index in [1.54, 1.807) is 35.5 Å². The maximum atomic E-state index is 13.4. The second kappa shape index (κ2) is 9.00. The second-order valence-electron chi connectivity index (χ2n) is 7.86. The number of amides is 1. The number of sulfonamides is 1. The van der Waals surface area contributed by atoms with Crippen molar-refractivity contribution in [1.29, 1.82) is 0 Å². The van der Waals surface area contributed by atoms with E-state index >= 15 is 0 Å². The molecule has 1 N–H and O–H groups in total. The minimum absolute atomic E-state index is 0.0777. The minimum Gasteiger partial charge on any atom is -0.495 e. The zero-order valence-electron chi connectivity index (χ0n) is 18.0. The van der Waals surface area contributed by atoms with Crippen molar-refractivity contribution in [1.82, 2.24) is 9.88 Å². The lowest BCUT2D eigenvalue weighted by molar-refractivity contribution is 0.0729. The third-order valence-electron chi connectivity index (χ3n) is 5.35. The van der Waals surface area contributed by atoms with E-state index < -0.39 is 10.0 Å². The van der Waals surface area contributed by atoms with Gasteiger partial charge in [0.05, 0.1) is 7.11 Å². The highest BCUT2D eigenvalue weighted by Crippen LogP contribution is 2.32. The number of hydrogen-bond donors (Lipinski definition) is 1. The maximum Gasteiger partial charge on any atom is 0.265 e. The predicted octanol–water partition coefficient (Wildman–Crippen LogP) is 4.00. The molecule has 0 bridgehead atoms. The zero-order valence-corrected chi connectivity index (χ0v) is 18.8. The van der Waals surface area contributed by atoms with E-state index in [-0.39, 0.29) is 22.6 Å². The third kappa shape index (κ3) is 4.91. The smallest absolute Gasteiger partial charge is 0.265 e. The Labute approximate surface area is 188 Å². The Hall–Kier alpha value is -3.39. The molecule has 1 amide bonds. The molecule has 1 aromatic heterocycles. The van der Waals surface area contributed by atoms with Crippen molar-refractivity contribution in [3.05, 3.63) is 83.7 Å². The van der Waals surface area contributed by atoms with E-state index in [9.17, 15) is 13.2 Å². The number of rotatable bonds is 8. The van der Waals surface area contributed by atoms with Crippen molar-refractivity contribution < 1.29 is 17.9 Å².